The fraction of sp³-hybridized carbons (Fsp3) is 0.250. The van der Waals surface area contributed by atoms with E-state index >= 15 is 0 Å². The molecular formula is C24H21ClF3N9O2S. The van der Waals surface area contributed by atoms with E-state index in [1.54, 1.807) is 25.5 Å². The summed E-state index contributed by atoms with van der Waals surface area (Å²) >= 11 is 6.61. The molecule has 0 aliphatic rings. The molecule has 4 heterocycles. The SMILES string of the molecule is CC(NC(=O)c1cc(NCCNc2cnccn2)ncn1)c1ncc(C(=O)Cc2cc(C(F)(F)F)c(Cl)cn2)s1. The number of rotatable bonds is 11. The number of amides is 1. The highest BCUT2D eigenvalue weighted by molar-refractivity contribution is 7.13. The van der Waals surface area contributed by atoms with Crippen molar-refractivity contribution in [1.82, 2.24) is 35.2 Å². The lowest BCUT2D eigenvalue weighted by atomic mass is 10.1. The smallest absolute Gasteiger partial charge is 0.368 e. The van der Waals surface area contributed by atoms with Crippen LogP contribution in [0.3, 0.4) is 0 Å². The van der Waals surface area contributed by atoms with Gasteiger partial charge in [-0.05, 0) is 13.0 Å². The molecule has 11 nitrogen and oxygen atoms in total. The van der Waals surface area contributed by atoms with Crippen molar-refractivity contribution in [2.45, 2.75) is 25.6 Å². The van der Waals surface area contributed by atoms with Gasteiger partial charge in [0.2, 0.25) is 0 Å². The summed E-state index contributed by atoms with van der Waals surface area (Å²) in [6, 6.07) is 1.67. The van der Waals surface area contributed by atoms with Gasteiger partial charge in [0.1, 0.15) is 28.7 Å². The molecule has 0 aromatic carbocycles. The summed E-state index contributed by atoms with van der Waals surface area (Å²) < 4.78 is 39.3. The van der Waals surface area contributed by atoms with E-state index in [0.29, 0.717) is 29.7 Å². The normalized spacial score (nSPS) is 12.0. The average Bonchev–Trinajstić information content (AvgIpc) is 3.43. The van der Waals surface area contributed by atoms with Gasteiger partial charge in [-0.15, -0.1) is 11.3 Å². The lowest BCUT2D eigenvalue weighted by Crippen LogP contribution is -2.27. The van der Waals surface area contributed by atoms with Crippen LogP contribution in [0.25, 0.3) is 0 Å². The number of pyridine rings is 1. The van der Waals surface area contributed by atoms with E-state index in [1.807, 2.05) is 0 Å². The number of hydrogen-bond donors (Lipinski definition) is 3. The molecule has 4 aromatic rings. The third kappa shape index (κ3) is 7.66. The minimum atomic E-state index is -4.67. The van der Waals surface area contributed by atoms with E-state index in [0.717, 1.165) is 23.6 Å². The van der Waals surface area contributed by atoms with Gasteiger partial charge in [0.25, 0.3) is 5.91 Å². The van der Waals surface area contributed by atoms with Crippen molar-refractivity contribution >= 4 is 46.3 Å². The molecular weight excluding hydrogens is 571 g/mol. The molecule has 0 fully saturated rings. The van der Waals surface area contributed by atoms with Gasteiger partial charge < -0.3 is 16.0 Å². The van der Waals surface area contributed by atoms with Crippen molar-refractivity contribution in [1.29, 1.82) is 0 Å². The summed E-state index contributed by atoms with van der Waals surface area (Å²) in [5, 5.41) is 8.81. The van der Waals surface area contributed by atoms with Crippen LogP contribution in [0.1, 0.15) is 49.4 Å². The predicted molar refractivity (Wildman–Crippen MR) is 141 cm³/mol. The van der Waals surface area contributed by atoms with Gasteiger partial charge in [-0.2, -0.15) is 13.2 Å². The highest BCUT2D eigenvalue weighted by Crippen LogP contribution is 2.34. The first-order valence-corrected chi connectivity index (χ1v) is 12.9. The van der Waals surface area contributed by atoms with Gasteiger partial charge in [0, 0.05) is 49.6 Å². The van der Waals surface area contributed by atoms with Crippen LogP contribution in [0.15, 0.2) is 49.4 Å². The molecule has 0 saturated carbocycles. The zero-order valence-electron chi connectivity index (χ0n) is 20.7. The number of halogens is 4. The Morgan fingerprint density at radius 2 is 1.75 bits per heavy atom. The number of aromatic nitrogens is 6. The maximum atomic E-state index is 13.1. The highest BCUT2D eigenvalue weighted by atomic mass is 35.5. The number of ketones is 1. The number of nitrogens with one attached hydrogen (secondary N) is 3. The summed E-state index contributed by atoms with van der Waals surface area (Å²) in [6.45, 7) is 2.70. The van der Waals surface area contributed by atoms with Crippen molar-refractivity contribution in [3.8, 4) is 0 Å². The Hall–Kier alpha value is -4.24. The Balaban J connectivity index is 1.31. The molecule has 0 saturated heterocycles. The molecule has 1 unspecified atom stereocenters. The summed E-state index contributed by atoms with van der Waals surface area (Å²) in [4.78, 5) is 49.8. The van der Waals surface area contributed by atoms with Crippen molar-refractivity contribution in [3.63, 3.8) is 0 Å². The predicted octanol–water partition coefficient (Wildman–Crippen LogP) is 4.23. The number of Topliss-reactive ketones (excluding diaryl/α,β-unsaturated/α-hetero) is 1. The molecule has 0 aliphatic carbocycles. The van der Waals surface area contributed by atoms with Crippen LogP contribution in [0.5, 0.6) is 0 Å². The number of alkyl halides is 3. The topological polar surface area (TPSA) is 148 Å². The Labute approximate surface area is 234 Å². The van der Waals surface area contributed by atoms with Crippen molar-refractivity contribution < 1.29 is 22.8 Å². The standard InChI is InChI=1S/C24H21ClF3N9O2S/c1-13(23-34-10-19(40-23)18(38)7-14-6-15(24(26,27)28)16(25)9-33-14)37-22(39)17-8-20(36-12-35-17)30-4-5-32-21-11-29-2-3-31-21/h2-3,6,8-13H,4-5,7H2,1H3,(H,31,32)(H,37,39)(H,30,35,36). The van der Waals surface area contributed by atoms with Gasteiger partial charge in [0.15, 0.2) is 5.78 Å². The largest absolute Gasteiger partial charge is 0.417 e. The molecule has 0 bridgehead atoms. The Morgan fingerprint density at radius 3 is 2.48 bits per heavy atom. The van der Waals surface area contributed by atoms with E-state index in [-0.39, 0.29) is 22.7 Å². The lowest BCUT2D eigenvalue weighted by Gasteiger charge is -2.12. The van der Waals surface area contributed by atoms with Gasteiger partial charge in [-0.3, -0.25) is 19.6 Å². The minimum Gasteiger partial charge on any atom is -0.368 e. The van der Waals surface area contributed by atoms with Crippen LogP contribution in [0, 0.1) is 0 Å². The van der Waals surface area contributed by atoms with Crippen LogP contribution in [0.4, 0.5) is 24.8 Å². The summed E-state index contributed by atoms with van der Waals surface area (Å²) in [7, 11) is 0. The molecule has 0 spiro atoms. The van der Waals surface area contributed by atoms with Crippen LogP contribution in [-0.2, 0) is 12.6 Å². The molecule has 0 radical (unpaired) electrons. The second-order valence-corrected chi connectivity index (χ2v) is 9.71. The van der Waals surface area contributed by atoms with Crippen LogP contribution in [-0.4, -0.2) is 54.7 Å². The maximum absolute atomic E-state index is 13.1. The molecule has 1 atom stereocenters. The van der Waals surface area contributed by atoms with Gasteiger partial charge in [0.05, 0.1) is 34.1 Å². The molecule has 3 N–H and O–H groups in total. The average molecular weight is 592 g/mol. The van der Waals surface area contributed by atoms with Crippen LogP contribution in [0.2, 0.25) is 5.02 Å². The maximum Gasteiger partial charge on any atom is 0.417 e. The van der Waals surface area contributed by atoms with Gasteiger partial charge in [-0.25, -0.2) is 19.9 Å². The fourth-order valence-corrected chi connectivity index (χ4v) is 4.41. The Morgan fingerprint density at radius 1 is 0.975 bits per heavy atom. The van der Waals surface area contributed by atoms with E-state index in [1.165, 1.54) is 18.6 Å². The number of anilines is 2. The summed E-state index contributed by atoms with van der Waals surface area (Å²) in [5.41, 5.74) is -1.01. The van der Waals surface area contributed by atoms with Gasteiger partial charge in [-0.1, -0.05) is 11.6 Å². The number of hydrogen-bond acceptors (Lipinski definition) is 11. The van der Waals surface area contributed by atoms with E-state index < -0.39 is 34.5 Å². The third-order valence-corrected chi connectivity index (χ3v) is 6.80. The second kappa shape index (κ2) is 12.7. The number of nitrogens with zero attached hydrogens (tertiary/aromatic N) is 6. The third-order valence-electron chi connectivity index (χ3n) is 5.28. The second-order valence-electron chi connectivity index (χ2n) is 8.24. The molecule has 0 aliphatic heterocycles. The van der Waals surface area contributed by atoms with Gasteiger partial charge >= 0.3 is 6.18 Å². The molecule has 40 heavy (non-hydrogen) atoms. The first-order chi connectivity index (χ1) is 19.1. The highest BCUT2D eigenvalue weighted by Gasteiger charge is 2.34. The monoisotopic (exact) mass is 591 g/mol. The number of carbonyl (C=O) groups is 2. The molecule has 16 heteroatoms. The summed E-state index contributed by atoms with van der Waals surface area (Å²) in [5.74, 6) is 0.125. The minimum absolute atomic E-state index is 0.0734. The van der Waals surface area contributed by atoms with E-state index in [4.69, 9.17) is 11.6 Å². The molecule has 4 rings (SSSR count). The molecule has 4 aromatic heterocycles. The molecule has 1 amide bonds. The number of carbonyl (C=O) groups excluding carboxylic acids is 2. The van der Waals surface area contributed by atoms with Crippen molar-refractivity contribution in [2.24, 2.45) is 0 Å². The van der Waals surface area contributed by atoms with E-state index in [2.05, 4.69) is 45.9 Å². The fourth-order valence-electron chi connectivity index (χ4n) is 3.35. The van der Waals surface area contributed by atoms with Crippen molar-refractivity contribution in [2.75, 3.05) is 23.7 Å². The van der Waals surface area contributed by atoms with Crippen molar-refractivity contribution in [3.05, 3.63) is 81.3 Å². The quantitative estimate of drug-likeness (QED) is 0.171. The number of thiazole rings is 1. The molecule has 208 valence electrons. The van der Waals surface area contributed by atoms with E-state index in [9.17, 15) is 22.8 Å². The first kappa shape index (κ1) is 28.8. The lowest BCUT2D eigenvalue weighted by molar-refractivity contribution is -0.137. The van der Waals surface area contributed by atoms with Crippen LogP contribution < -0.4 is 16.0 Å². The zero-order chi connectivity index (χ0) is 28.7. The Bertz CT molecular complexity index is 1490. The Kier molecular flexibility index (Phi) is 9.16. The first-order valence-electron chi connectivity index (χ1n) is 11.7. The van der Waals surface area contributed by atoms with Crippen LogP contribution >= 0.6 is 22.9 Å². The zero-order valence-corrected chi connectivity index (χ0v) is 22.3. The summed E-state index contributed by atoms with van der Waals surface area (Å²) in [6.07, 6.45) is 3.15.